The topological polar surface area (TPSA) is 80.5 Å². The van der Waals surface area contributed by atoms with Crippen molar-refractivity contribution in [1.82, 2.24) is 4.90 Å². The van der Waals surface area contributed by atoms with Crippen molar-refractivity contribution in [3.05, 3.63) is 29.3 Å². The van der Waals surface area contributed by atoms with Gasteiger partial charge in [-0.05, 0) is 43.4 Å². The van der Waals surface area contributed by atoms with E-state index in [9.17, 15) is 13.2 Å². The van der Waals surface area contributed by atoms with Gasteiger partial charge in [0.1, 0.15) is 0 Å². The maximum Gasteiger partial charge on any atom is 0.253 e. The summed E-state index contributed by atoms with van der Waals surface area (Å²) in [6.07, 6.45) is 6.06. The van der Waals surface area contributed by atoms with Crippen molar-refractivity contribution < 1.29 is 13.2 Å². The second-order valence-electron chi connectivity index (χ2n) is 6.21. The van der Waals surface area contributed by atoms with Gasteiger partial charge >= 0.3 is 0 Å². The van der Waals surface area contributed by atoms with Crippen LogP contribution in [0.25, 0.3) is 0 Å². The molecule has 0 spiro atoms. The van der Waals surface area contributed by atoms with Crippen molar-refractivity contribution in [1.29, 1.82) is 0 Å². The maximum atomic E-state index is 12.6. The van der Waals surface area contributed by atoms with Gasteiger partial charge in [0, 0.05) is 19.2 Å². The fourth-order valence-electron chi connectivity index (χ4n) is 3.05. The van der Waals surface area contributed by atoms with Crippen LogP contribution in [-0.2, 0) is 10.0 Å². The van der Waals surface area contributed by atoms with Gasteiger partial charge in [0.2, 0.25) is 10.0 Å². The minimum atomic E-state index is -3.80. The molecule has 0 aliphatic heterocycles. The molecule has 2 N–H and O–H groups in total. The van der Waals surface area contributed by atoms with E-state index in [2.05, 4.69) is 0 Å². The molecule has 1 aliphatic rings. The number of hydrogen-bond acceptors (Lipinski definition) is 3. The van der Waals surface area contributed by atoms with Crippen LogP contribution in [0.3, 0.4) is 0 Å². The molecule has 1 aliphatic carbocycles. The highest BCUT2D eigenvalue weighted by Gasteiger charge is 2.21. The van der Waals surface area contributed by atoms with Crippen LogP contribution in [0.2, 0.25) is 0 Å². The van der Waals surface area contributed by atoms with Crippen molar-refractivity contribution in [2.75, 3.05) is 13.6 Å². The Morgan fingerprint density at radius 3 is 2.50 bits per heavy atom. The molecule has 22 heavy (non-hydrogen) atoms. The number of nitrogens with two attached hydrogens (primary N) is 1. The summed E-state index contributed by atoms with van der Waals surface area (Å²) >= 11 is 0. The fourth-order valence-corrected chi connectivity index (χ4v) is 3.59. The number of carbonyl (C=O) groups is 1. The van der Waals surface area contributed by atoms with E-state index < -0.39 is 10.0 Å². The summed E-state index contributed by atoms with van der Waals surface area (Å²) in [6, 6.07) is 4.44. The first-order chi connectivity index (χ1) is 10.3. The molecule has 0 heterocycles. The smallest absolute Gasteiger partial charge is 0.253 e. The van der Waals surface area contributed by atoms with Crippen molar-refractivity contribution in [3.63, 3.8) is 0 Å². The number of aryl methyl sites for hydroxylation is 1. The van der Waals surface area contributed by atoms with Crippen molar-refractivity contribution in [3.8, 4) is 0 Å². The van der Waals surface area contributed by atoms with Gasteiger partial charge < -0.3 is 4.90 Å². The molecule has 1 saturated carbocycles. The number of amides is 1. The lowest BCUT2D eigenvalue weighted by molar-refractivity contribution is 0.0759. The fraction of sp³-hybridized carbons (Fsp3) is 0.562. The van der Waals surface area contributed by atoms with Crippen LogP contribution in [0.15, 0.2) is 23.1 Å². The Kier molecular flexibility index (Phi) is 5.24. The Hall–Kier alpha value is -1.40. The highest BCUT2D eigenvalue weighted by Crippen LogP contribution is 2.25. The van der Waals surface area contributed by atoms with E-state index in [1.54, 1.807) is 24.9 Å². The van der Waals surface area contributed by atoms with Crippen molar-refractivity contribution in [2.24, 2.45) is 11.1 Å². The summed E-state index contributed by atoms with van der Waals surface area (Å²) in [5, 5.41) is 5.15. The molecule has 1 aromatic carbocycles. The normalized spacial score (nSPS) is 16.5. The molecule has 5 nitrogen and oxygen atoms in total. The third-order valence-electron chi connectivity index (χ3n) is 4.37. The molecular formula is C16H24N2O3S. The zero-order valence-corrected chi connectivity index (χ0v) is 14.0. The number of nitrogens with zero attached hydrogens (tertiary/aromatic N) is 1. The zero-order chi connectivity index (χ0) is 16.3. The van der Waals surface area contributed by atoms with Crippen LogP contribution in [-0.4, -0.2) is 32.8 Å². The second kappa shape index (κ2) is 6.79. The van der Waals surface area contributed by atoms with Crippen molar-refractivity contribution in [2.45, 2.75) is 43.9 Å². The van der Waals surface area contributed by atoms with Gasteiger partial charge in [-0.2, -0.15) is 0 Å². The van der Waals surface area contributed by atoms with Crippen LogP contribution in [0, 0.1) is 12.8 Å². The summed E-state index contributed by atoms with van der Waals surface area (Å²) in [5.74, 6) is 0.401. The monoisotopic (exact) mass is 324 g/mol. The van der Waals surface area contributed by atoms with Gasteiger partial charge in [0.25, 0.3) is 5.91 Å². The third kappa shape index (κ3) is 4.08. The van der Waals surface area contributed by atoms with E-state index in [0.29, 0.717) is 11.5 Å². The lowest BCUT2D eigenvalue weighted by atomic mass is 9.89. The van der Waals surface area contributed by atoms with Crippen LogP contribution in [0.5, 0.6) is 0 Å². The van der Waals surface area contributed by atoms with Crippen LogP contribution < -0.4 is 5.14 Å². The number of sulfonamides is 1. The molecule has 0 aromatic heterocycles. The summed E-state index contributed by atoms with van der Waals surface area (Å²) in [5.41, 5.74) is 1.16. The van der Waals surface area contributed by atoms with Crippen molar-refractivity contribution >= 4 is 15.9 Å². The third-order valence-corrected chi connectivity index (χ3v) is 5.28. The first-order valence-electron chi connectivity index (χ1n) is 7.68. The Labute approximate surface area is 132 Å². The van der Waals surface area contributed by atoms with E-state index in [-0.39, 0.29) is 10.8 Å². The predicted molar refractivity (Wildman–Crippen MR) is 86.1 cm³/mol. The SMILES string of the molecule is Cc1ccc(S(N)(=O)=O)cc1C(=O)N(C)CC1CCCCC1. The molecule has 6 heteroatoms. The van der Waals surface area contributed by atoms with Gasteiger partial charge in [0.05, 0.1) is 4.90 Å². The largest absolute Gasteiger partial charge is 0.341 e. The Bertz CT molecular complexity index is 649. The summed E-state index contributed by atoms with van der Waals surface area (Å²) in [4.78, 5) is 14.3. The van der Waals surface area contributed by atoms with Gasteiger partial charge in [0.15, 0.2) is 0 Å². The van der Waals surface area contributed by atoms with E-state index in [1.165, 1.54) is 31.4 Å². The molecule has 1 aromatic rings. The lowest BCUT2D eigenvalue weighted by Gasteiger charge is -2.27. The Morgan fingerprint density at radius 1 is 1.27 bits per heavy atom. The standard InChI is InChI=1S/C16H24N2O3S/c1-12-8-9-14(22(17,20)21)10-15(12)16(19)18(2)11-13-6-4-3-5-7-13/h8-10,13H,3-7,11H2,1-2H3,(H2,17,20,21). The van der Waals surface area contributed by atoms with E-state index in [1.807, 2.05) is 0 Å². The molecular weight excluding hydrogens is 300 g/mol. The van der Waals surface area contributed by atoms with Gasteiger partial charge in [-0.25, -0.2) is 13.6 Å². The van der Waals surface area contributed by atoms with Crippen LogP contribution >= 0.6 is 0 Å². The summed E-state index contributed by atoms with van der Waals surface area (Å²) in [6.45, 7) is 2.52. The van der Waals surface area contributed by atoms with Gasteiger partial charge in [-0.3, -0.25) is 4.79 Å². The quantitative estimate of drug-likeness (QED) is 0.922. The maximum absolute atomic E-state index is 12.6. The average Bonchev–Trinajstić information content (AvgIpc) is 2.46. The zero-order valence-electron chi connectivity index (χ0n) is 13.2. The van der Waals surface area contributed by atoms with E-state index >= 15 is 0 Å². The second-order valence-corrected chi connectivity index (χ2v) is 7.77. The number of carbonyl (C=O) groups excluding carboxylic acids is 1. The molecule has 122 valence electrons. The Balaban J connectivity index is 2.17. The lowest BCUT2D eigenvalue weighted by Crippen LogP contribution is -2.33. The number of rotatable bonds is 4. The van der Waals surface area contributed by atoms with Crippen LogP contribution in [0.1, 0.15) is 48.0 Å². The summed E-state index contributed by atoms with van der Waals surface area (Å²) in [7, 11) is -2.02. The van der Waals surface area contributed by atoms with Gasteiger partial charge in [-0.15, -0.1) is 0 Å². The molecule has 0 radical (unpaired) electrons. The molecule has 0 unspecified atom stereocenters. The summed E-state index contributed by atoms with van der Waals surface area (Å²) < 4.78 is 22.9. The van der Waals surface area contributed by atoms with E-state index in [0.717, 1.165) is 24.9 Å². The number of benzene rings is 1. The Morgan fingerprint density at radius 2 is 1.91 bits per heavy atom. The van der Waals surface area contributed by atoms with Crippen LogP contribution in [0.4, 0.5) is 0 Å². The van der Waals surface area contributed by atoms with E-state index in [4.69, 9.17) is 5.14 Å². The molecule has 0 saturated heterocycles. The first-order valence-corrected chi connectivity index (χ1v) is 9.22. The molecule has 1 fully saturated rings. The predicted octanol–water partition coefficient (Wildman–Crippen LogP) is 2.29. The van der Waals surface area contributed by atoms with Gasteiger partial charge in [-0.1, -0.05) is 25.3 Å². The first kappa shape index (κ1) is 17.0. The molecule has 1 amide bonds. The highest BCUT2D eigenvalue weighted by molar-refractivity contribution is 7.89. The number of hydrogen-bond donors (Lipinski definition) is 1. The number of primary sulfonamides is 1. The average molecular weight is 324 g/mol. The molecule has 0 atom stereocenters. The minimum absolute atomic E-state index is 0.0208. The minimum Gasteiger partial charge on any atom is -0.341 e. The highest BCUT2D eigenvalue weighted by atomic mass is 32.2. The molecule has 2 rings (SSSR count). The molecule has 0 bridgehead atoms.